The molecule has 3 aromatic carbocycles. The summed E-state index contributed by atoms with van der Waals surface area (Å²) in [5.41, 5.74) is 6.18. The Bertz CT molecular complexity index is 927. The van der Waals surface area contributed by atoms with Crippen molar-refractivity contribution in [3.05, 3.63) is 60.7 Å². The lowest BCUT2D eigenvalue weighted by atomic mass is 9.98. The monoisotopic (exact) mass is 348 g/mol. The highest BCUT2D eigenvalue weighted by Gasteiger charge is 2.13. The summed E-state index contributed by atoms with van der Waals surface area (Å²) in [5, 5.41) is 0. The van der Waals surface area contributed by atoms with Crippen molar-refractivity contribution in [3.63, 3.8) is 0 Å². The Morgan fingerprint density at radius 1 is 0.600 bits per heavy atom. The summed E-state index contributed by atoms with van der Waals surface area (Å²) in [7, 11) is 3.34. The lowest BCUT2D eigenvalue weighted by Gasteiger charge is -2.08. The molecule has 0 aliphatic carbocycles. The first kappa shape index (κ1) is 15.6. The van der Waals surface area contributed by atoms with Crippen molar-refractivity contribution in [1.82, 2.24) is 8.75 Å². The van der Waals surface area contributed by atoms with Gasteiger partial charge in [-0.2, -0.15) is 8.75 Å². The number of benzene rings is 3. The van der Waals surface area contributed by atoms with Gasteiger partial charge in [0, 0.05) is 11.1 Å². The van der Waals surface area contributed by atoms with Crippen LogP contribution in [0.25, 0.3) is 33.3 Å². The Morgan fingerprint density at radius 3 is 1.36 bits per heavy atom. The highest BCUT2D eigenvalue weighted by atomic mass is 32.1. The number of methoxy groups -OCH3 is 2. The molecule has 5 heteroatoms. The first-order chi connectivity index (χ1) is 12.3. The van der Waals surface area contributed by atoms with Crippen molar-refractivity contribution in [1.29, 1.82) is 0 Å². The molecule has 0 aliphatic heterocycles. The van der Waals surface area contributed by atoms with Crippen molar-refractivity contribution >= 4 is 22.8 Å². The molecule has 0 N–H and O–H groups in total. The van der Waals surface area contributed by atoms with Gasteiger partial charge < -0.3 is 9.47 Å². The SMILES string of the molecule is COc1ccc(-c2ccc(-c3ccc(OC)cc3)c3nsnc23)cc1. The Morgan fingerprint density at radius 2 is 1.00 bits per heavy atom. The van der Waals surface area contributed by atoms with Crippen LogP contribution in [0.15, 0.2) is 60.7 Å². The summed E-state index contributed by atoms with van der Waals surface area (Å²) in [4.78, 5) is 0. The van der Waals surface area contributed by atoms with Gasteiger partial charge in [0.25, 0.3) is 0 Å². The van der Waals surface area contributed by atoms with Gasteiger partial charge in [-0.3, -0.25) is 0 Å². The molecule has 1 aromatic heterocycles. The highest BCUT2D eigenvalue weighted by Crippen LogP contribution is 2.35. The molecule has 4 nitrogen and oxygen atoms in total. The van der Waals surface area contributed by atoms with E-state index in [0.717, 1.165) is 44.8 Å². The van der Waals surface area contributed by atoms with E-state index in [9.17, 15) is 0 Å². The molecule has 1 heterocycles. The van der Waals surface area contributed by atoms with E-state index < -0.39 is 0 Å². The quantitative estimate of drug-likeness (QED) is 0.518. The third-order valence-electron chi connectivity index (χ3n) is 4.22. The maximum atomic E-state index is 5.24. The van der Waals surface area contributed by atoms with Crippen molar-refractivity contribution in [2.24, 2.45) is 0 Å². The molecule has 0 atom stereocenters. The lowest BCUT2D eigenvalue weighted by Crippen LogP contribution is -1.87. The highest BCUT2D eigenvalue weighted by molar-refractivity contribution is 7.00. The van der Waals surface area contributed by atoms with Gasteiger partial charge >= 0.3 is 0 Å². The number of ether oxygens (including phenoxy) is 2. The second-order valence-corrected chi connectivity index (χ2v) is 6.11. The molecular formula is C20H16N2O2S. The molecule has 0 saturated carbocycles. The molecule has 0 saturated heterocycles. The van der Waals surface area contributed by atoms with Crippen molar-refractivity contribution in [2.45, 2.75) is 0 Å². The van der Waals surface area contributed by atoms with Crippen LogP contribution < -0.4 is 9.47 Å². The average molecular weight is 348 g/mol. The first-order valence-corrected chi connectivity index (χ1v) is 8.57. The number of nitrogens with zero attached hydrogens (tertiary/aromatic N) is 2. The predicted molar refractivity (Wildman–Crippen MR) is 101 cm³/mol. The van der Waals surface area contributed by atoms with Crippen molar-refractivity contribution < 1.29 is 9.47 Å². The van der Waals surface area contributed by atoms with Crippen LogP contribution >= 0.6 is 11.7 Å². The molecule has 0 spiro atoms. The van der Waals surface area contributed by atoms with Gasteiger partial charge in [-0.15, -0.1) is 0 Å². The van der Waals surface area contributed by atoms with Crippen LogP contribution in [0, 0.1) is 0 Å². The molecule has 124 valence electrons. The third-order valence-corrected chi connectivity index (χ3v) is 4.75. The first-order valence-electron chi connectivity index (χ1n) is 7.84. The van der Waals surface area contributed by atoms with Gasteiger partial charge in [0.15, 0.2) is 0 Å². The second kappa shape index (κ2) is 6.53. The average Bonchev–Trinajstić information content (AvgIpc) is 3.17. The Balaban J connectivity index is 1.82. The Labute approximate surface area is 150 Å². The van der Waals surface area contributed by atoms with E-state index in [1.807, 2.05) is 48.5 Å². The summed E-state index contributed by atoms with van der Waals surface area (Å²) in [5.74, 6) is 1.68. The molecule has 4 aromatic rings. The number of hydrogen-bond acceptors (Lipinski definition) is 5. The van der Waals surface area contributed by atoms with Crippen LogP contribution in [0.1, 0.15) is 0 Å². The van der Waals surface area contributed by atoms with Gasteiger partial charge in [0.1, 0.15) is 22.5 Å². The van der Waals surface area contributed by atoms with Crippen LogP contribution in [-0.4, -0.2) is 23.0 Å². The van der Waals surface area contributed by atoms with Gasteiger partial charge in [-0.25, -0.2) is 0 Å². The van der Waals surface area contributed by atoms with E-state index in [2.05, 4.69) is 20.9 Å². The summed E-state index contributed by atoms with van der Waals surface area (Å²) in [6, 6.07) is 20.2. The summed E-state index contributed by atoms with van der Waals surface area (Å²) in [6.07, 6.45) is 0. The van der Waals surface area contributed by atoms with Crippen molar-refractivity contribution in [3.8, 4) is 33.8 Å². The topological polar surface area (TPSA) is 44.2 Å². The van der Waals surface area contributed by atoms with E-state index in [1.54, 1.807) is 14.2 Å². The lowest BCUT2D eigenvalue weighted by molar-refractivity contribution is 0.415. The smallest absolute Gasteiger partial charge is 0.118 e. The maximum absolute atomic E-state index is 5.24. The minimum Gasteiger partial charge on any atom is -0.497 e. The zero-order valence-electron chi connectivity index (χ0n) is 13.9. The minimum atomic E-state index is 0.839. The molecule has 0 aliphatic rings. The van der Waals surface area contributed by atoms with Gasteiger partial charge in [0.2, 0.25) is 0 Å². The standard InChI is InChI=1S/C20H16N2O2S/c1-23-15-7-3-13(4-8-15)17-11-12-18(20-19(17)21-25-22-20)14-5-9-16(24-2)10-6-14/h3-12H,1-2H3. The van der Waals surface area contributed by atoms with Gasteiger partial charge in [-0.05, 0) is 35.4 Å². The molecule has 0 fully saturated rings. The third kappa shape index (κ3) is 2.83. The van der Waals surface area contributed by atoms with Crippen LogP contribution in [-0.2, 0) is 0 Å². The summed E-state index contributed by atoms with van der Waals surface area (Å²) in [6.45, 7) is 0. The summed E-state index contributed by atoms with van der Waals surface area (Å²) < 4.78 is 19.5. The molecule has 25 heavy (non-hydrogen) atoms. The minimum absolute atomic E-state index is 0.839. The zero-order chi connectivity index (χ0) is 17.2. The number of fused-ring (bicyclic) bond motifs is 1. The van der Waals surface area contributed by atoms with Crippen LogP contribution in [0.3, 0.4) is 0 Å². The van der Waals surface area contributed by atoms with Gasteiger partial charge in [-0.1, -0.05) is 36.4 Å². The number of rotatable bonds is 4. The Kier molecular flexibility index (Phi) is 4.07. The largest absolute Gasteiger partial charge is 0.497 e. The van der Waals surface area contributed by atoms with E-state index in [1.165, 1.54) is 11.7 Å². The Hall–Kier alpha value is -2.92. The molecule has 0 bridgehead atoms. The number of aromatic nitrogens is 2. The maximum Gasteiger partial charge on any atom is 0.118 e. The van der Waals surface area contributed by atoms with E-state index in [4.69, 9.17) is 9.47 Å². The molecule has 0 unspecified atom stereocenters. The molecule has 0 amide bonds. The fourth-order valence-corrected chi connectivity index (χ4v) is 3.45. The van der Waals surface area contributed by atoms with Crippen LogP contribution in [0.5, 0.6) is 11.5 Å². The van der Waals surface area contributed by atoms with Crippen molar-refractivity contribution in [2.75, 3.05) is 14.2 Å². The normalized spacial score (nSPS) is 10.8. The van der Waals surface area contributed by atoms with E-state index >= 15 is 0 Å². The predicted octanol–water partition coefficient (Wildman–Crippen LogP) is 5.04. The molecule has 0 radical (unpaired) electrons. The number of hydrogen-bond donors (Lipinski definition) is 0. The van der Waals surface area contributed by atoms with E-state index in [0.29, 0.717) is 0 Å². The van der Waals surface area contributed by atoms with Gasteiger partial charge in [0.05, 0.1) is 25.9 Å². The zero-order valence-corrected chi connectivity index (χ0v) is 14.7. The van der Waals surface area contributed by atoms with Crippen LogP contribution in [0.2, 0.25) is 0 Å². The second-order valence-electron chi connectivity index (χ2n) is 5.58. The fraction of sp³-hybridized carbons (Fsp3) is 0.100. The summed E-state index contributed by atoms with van der Waals surface area (Å²) >= 11 is 1.24. The molecule has 4 rings (SSSR count). The van der Waals surface area contributed by atoms with E-state index in [-0.39, 0.29) is 0 Å². The molecular weight excluding hydrogens is 332 g/mol. The van der Waals surface area contributed by atoms with Crippen LogP contribution in [0.4, 0.5) is 0 Å². The fourth-order valence-electron chi connectivity index (χ4n) is 2.87.